The average Bonchev–Trinajstić information content (AvgIpc) is 2.40. The zero-order valence-electron chi connectivity index (χ0n) is 7.36. The Labute approximate surface area is 78.6 Å². The largest absolute Gasteiger partial charge is 0.477 e. The average molecular weight is 194 g/mol. The molecule has 72 valence electrons. The van der Waals surface area contributed by atoms with Crippen molar-refractivity contribution in [2.24, 2.45) is 0 Å². The lowest BCUT2D eigenvalue weighted by atomic mass is 10.3. The first-order valence-electron chi connectivity index (χ1n) is 3.97. The zero-order valence-corrected chi connectivity index (χ0v) is 7.36. The number of imidazole rings is 1. The quantitative estimate of drug-likeness (QED) is 0.748. The summed E-state index contributed by atoms with van der Waals surface area (Å²) in [6.45, 7) is 1.58. The van der Waals surface area contributed by atoms with Crippen LogP contribution in [-0.4, -0.2) is 20.5 Å². The number of carboxylic acid groups (broad SMARTS) is 1. The van der Waals surface area contributed by atoms with Gasteiger partial charge in [0, 0.05) is 6.20 Å². The van der Waals surface area contributed by atoms with Gasteiger partial charge in [-0.05, 0) is 19.1 Å². The van der Waals surface area contributed by atoms with Gasteiger partial charge in [0.25, 0.3) is 0 Å². The lowest BCUT2D eigenvalue weighted by Crippen LogP contribution is -2.03. The molecular formula is C9H7FN2O2. The van der Waals surface area contributed by atoms with Gasteiger partial charge in [0.1, 0.15) is 11.5 Å². The monoisotopic (exact) mass is 194 g/mol. The normalized spacial score (nSPS) is 10.7. The molecule has 1 N–H and O–H groups in total. The summed E-state index contributed by atoms with van der Waals surface area (Å²) in [5.41, 5.74) is 0.809. The number of nitrogens with zero attached hydrogens (tertiary/aromatic N) is 2. The van der Waals surface area contributed by atoms with E-state index in [1.165, 1.54) is 16.5 Å². The predicted molar refractivity (Wildman–Crippen MR) is 46.8 cm³/mol. The lowest BCUT2D eigenvalue weighted by molar-refractivity contribution is 0.0688. The fourth-order valence-corrected chi connectivity index (χ4v) is 1.39. The van der Waals surface area contributed by atoms with Crippen LogP contribution in [0, 0.1) is 12.7 Å². The zero-order chi connectivity index (χ0) is 10.3. The summed E-state index contributed by atoms with van der Waals surface area (Å²) in [5, 5.41) is 8.86. The van der Waals surface area contributed by atoms with Crippen molar-refractivity contribution < 1.29 is 14.3 Å². The number of hydrogen-bond donors (Lipinski definition) is 1. The molecule has 2 aromatic rings. The van der Waals surface area contributed by atoms with Gasteiger partial charge in [-0.2, -0.15) is 0 Å². The standard InChI is InChI=1S/C9H7FN2O2/c1-5-8(9(13)14)12-4-6(10)2-3-7(12)11-5/h2-4H,1H3,(H,13,14). The molecule has 0 saturated carbocycles. The fraction of sp³-hybridized carbons (Fsp3) is 0.111. The van der Waals surface area contributed by atoms with Crippen LogP contribution >= 0.6 is 0 Å². The molecule has 0 aromatic carbocycles. The minimum atomic E-state index is -1.11. The van der Waals surface area contributed by atoms with Gasteiger partial charge in [0.2, 0.25) is 0 Å². The highest BCUT2D eigenvalue weighted by Gasteiger charge is 2.15. The molecule has 0 atom stereocenters. The van der Waals surface area contributed by atoms with E-state index in [9.17, 15) is 9.18 Å². The highest BCUT2D eigenvalue weighted by molar-refractivity contribution is 5.88. The second-order valence-corrected chi connectivity index (χ2v) is 2.93. The first-order chi connectivity index (χ1) is 6.59. The van der Waals surface area contributed by atoms with Crippen LogP contribution in [0.5, 0.6) is 0 Å². The van der Waals surface area contributed by atoms with E-state index in [0.29, 0.717) is 11.3 Å². The van der Waals surface area contributed by atoms with Crippen molar-refractivity contribution in [3.63, 3.8) is 0 Å². The summed E-state index contributed by atoms with van der Waals surface area (Å²) < 4.78 is 14.1. The van der Waals surface area contributed by atoms with E-state index >= 15 is 0 Å². The number of aryl methyl sites for hydroxylation is 1. The van der Waals surface area contributed by atoms with Crippen molar-refractivity contribution >= 4 is 11.6 Å². The Bertz CT molecular complexity index is 519. The maximum Gasteiger partial charge on any atom is 0.354 e. The molecule has 2 aromatic heterocycles. The van der Waals surface area contributed by atoms with Crippen molar-refractivity contribution in [3.8, 4) is 0 Å². The molecule has 0 saturated heterocycles. The summed E-state index contributed by atoms with van der Waals surface area (Å²) in [7, 11) is 0. The van der Waals surface area contributed by atoms with Crippen LogP contribution in [0.4, 0.5) is 4.39 Å². The van der Waals surface area contributed by atoms with Gasteiger partial charge in [0.05, 0.1) is 5.69 Å². The van der Waals surface area contributed by atoms with E-state index < -0.39 is 11.8 Å². The fourth-order valence-electron chi connectivity index (χ4n) is 1.39. The Hall–Kier alpha value is -1.91. The van der Waals surface area contributed by atoms with Gasteiger partial charge in [0.15, 0.2) is 5.69 Å². The molecule has 0 unspecified atom stereocenters. The van der Waals surface area contributed by atoms with Gasteiger partial charge in [-0.1, -0.05) is 0 Å². The minimum absolute atomic E-state index is 0.000463. The molecule has 0 fully saturated rings. The lowest BCUT2D eigenvalue weighted by Gasteiger charge is -1.96. The van der Waals surface area contributed by atoms with E-state index in [1.54, 1.807) is 6.92 Å². The molecular weight excluding hydrogens is 187 g/mol. The second kappa shape index (κ2) is 2.80. The third-order valence-corrected chi connectivity index (χ3v) is 1.96. The van der Waals surface area contributed by atoms with Gasteiger partial charge in [-0.3, -0.25) is 4.40 Å². The molecule has 0 radical (unpaired) electrons. The Balaban J connectivity index is 2.86. The second-order valence-electron chi connectivity index (χ2n) is 2.93. The molecule has 4 nitrogen and oxygen atoms in total. The summed E-state index contributed by atoms with van der Waals surface area (Å²) in [5.74, 6) is -1.60. The van der Waals surface area contributed by atoms with Crippen molar-refractivity contribution in [3.05, 3.63) is 35.5 Å². The van der Waals surface area contributed by atoms with E-state index in [-0.39, 0.29) is 5.69 Å². The topological polar surface area (TPSA) is 54.6 Å². The van der Waals surface area contributed by atoms with Gasteiger partial charge < -0.3 is 5.11 Å². The first kappa shape index (κ1) is 8.68. The number of carboxylic acids is 1. The van der Waals surface area contributed by atoms with Crippen molar-refractivity contribution in [1.82, 2.24) is 9.38 Å². The molecule has 0 amide bonds. The number of fused-ring (bicyclic) bond motifs is 1. The number of hydrogen-bond acceptors (Lipinski definition) is 2. The van der Waals surface area contributed by atoms with Crippen molar-refractivity contribution in [1.29, 1.82) is 0 Å². The van der Waals surface area contributed by atoms with Crippen LogP contribution < -0.4 is 0 Å². The van der Waals surface area contributed by atoms with Gasteiger partial charge in [-0.25, -0.2) is 14.2 Å². The minimum Gasteiger partial charge on any atom is -0.477 e. The van der Waals surface area contributed by atoms with Crippen LogP contribution in [0.1, 0.15) is 16.2 Å². The number of aromatic carboxylic acids is 1. The van der Waals surface area contributed by atoms with Crippen LogP contribution in [0.25, 0.3) is 5.65 Å². The number of rotatable bonds is 1. The molecule has 0 aliphatic heterocycles. The van der Waals surface area contributed by atoms with Crippen molar-refractivity contribution in [2.45, 2.75) is 6.92 Å². The summed E-state index contributed by atoms with van der Waals surface area (Å²) in [4.78, 5) is 14.8. The van der Waals surface area contributed by atoms with Crippen LogP contribution in [0.15, 0.2) is 18.3 Å². The molecule has 5 heteroatoms. The van der Waals surface area contributed by atoms with Crippen LogP contribution in [0.2, 0.25) is 0 Å². The molecule has 0 aliphatic carbocycles. The molecule has 14 heavy (non-hydrogen) atoms. The Kier molecular flexibility index (Phi) is 1.73. The highest BCUT2D eigenvalue weighted by Crippen LogP contribution is 2.12. The molecule has 2 heterocycles. The van der Waals surface area contributed by atoms with Gasteiger partial charge in [-0.15, -0.1) is 0 Å². The maximum atomic E-state index is 12.8. The summed E-state index contributed by atoms with van der Waals surface area (Å²) >= 11 is 0. The first-order valence-corrected chi connectivity index (χ1v) is 3.97. The van der Waals surface area contributed by atoms with Crippen LogP contribution in [-0.2, 0) is 0 Å². The van der Waals surface area contributed by atoms with E-state index in [1.807, 2.05) is 0 Å². The van der Waals surface area contributed by atoms with Crippen LogP contribution in [0.3, 0.4) is 0 Å². The Morgan fingerprint density at radius 1 is 1.57 bits per heavy atom. The summed E-state index contributed by atoms with van der Waals surface area (Å²) in [6, 6.07) is 2.68. The molecule has 0 bridgehead atoms. The number of aromatic nitrogens is 2. The predicted octanol–water partition coefficient (Wildman–Crippen LogP) is 1.48. The Morgan fingerprint density at radius 2 is 2.29 bits per heavy atom. The molecule has 0 spiro atoms. The van der Waals surface area contributed by atoms with Gasteiger partial charge >= 0.3 is 5.97 Å². The summed E-state index contributed by atoms with van der Waals surface area (Å²) in [6.07, 6.45) is 1.11. The Morgan fingerprint density at radius 3 is 2.93 bits per heavy atom. The highest BCUT2D eigenvalue weighted by atomic mass is 19.1. The number of halogens is 1. The van der Waals surface area contributed by atoms with Crippen molar-refractivity contribution in [2.75, 3.05) is 0 Å². The number of carbonyl (C=O) groups is 1. The third kappa shape index (κ3) is 1.14. The van der Waals surface area contributed by atoms with E-state index in [0.717, 1.165) is 6.20 Å². The third-order valence-electron chi connectivity index (χ3n) is 1.96. The number of pyridine rings is 1. The smallest absolute Gasteiger partial charge is 0.354 e. The van der Waals surface area contributed by atoms with E-state index in [4.69, 9.17) is 5.11 Å². The maximum absolute atomic E-state index is 12.8. The van der Waals surface area contributed by atoms with E-state index in [2.05, 4.69) is 4.98 Å². The SMILES string of the molecule is Cc1nc2ccc(F)cn2c1C(=O)O. The molecule has 0 aliphatic rings. The molecule has 2 rings (SSSR count).